The second-order valence-corrected chi connectivity index (χ2v) is 5.68. The SMILES string of the molecule is CC(=CCCNCC(C)C)Cc1ccc(Cl)cc1. The first kappa shape index (κ1) is 15.3. The Morgan fingerprint density at radius 3 is 2.56 bits per heavy atom. The van der Waals surface area contributed by atoms with Crippen molar-refractivity contribution in [2.45, 2.75) is 33.6 Å². The first-order valence-electron chi connectivity index (χ1n) is 6.68. The topological polar surface area (TPSA) is 12.0 Å². The summed E-state index contributed by atoms with van der Waals surface area (Å²) in [5.74, 6) is 0.726. The van der Waals surface area contributed by atoms with E-state index in [-0.39, 0.29) is 0 Å². The number of nitrogens with one attached hydrogen (secondary N) is 1. The van der Waals surface area contributed by atoms with E-state index < -0.39 is 0 Å². The predicted octanol–water partition coefficient (Wildman–Crippen LogP) is 4.46. The predicted molar refractivity (Wildman–Crippen MR) is 81.2 cm³/mol. The number of halogens is 1. The van der Waals surface area contributed by atoms with Crippen LogP contribution >= 0.6 is 11.6 Å². The Morgan fingerprint density at radius 1 is 1.28 bits per heavy atom. The highest BCUT2D eigenvalue weighted by Gasteiger charge is 1.96. The Kier molecular flexibility index (Phi) is 7.07. The molecule has 0 saturated heterocycles. The lowest BCUT2D eigenvalue weighted by atomic mass is 10.1. The Morgan fingerprint density at radius 2 is 1.94 bits per heavy atom. The van der Waals surface area contributed by atoms with E-state index >= 15 is 0 Å². The molecule has 0 atom stereocenters. The molecule has 1 aromatic rings. The van der Waals surface area contributed by atoms with Gasteiger partial charge >= 0.3 is 0 Å². The maximum atomic E-state index is 5.87. The first-order valence-corrected chi connectivity index (χ1v) is 7.06. The molecular weight excluding hydrogens is 242 g/mol. The van der Waals surface area contributed by atoms with Gasteiger partial charge in [-0.3, -0.25) is 0 Å². The summed E-state index contributed by atoms with van der Waals surface area (Å²) in [6.45, 7) is 8.82. The fourth-order valence-electron chi connectivity index (χ4n) is 1.81. The Labute approximate surface area is 116 Å². The summed E-state index contributed by atoms with van der Waals surface area (Å²) in [4.78, 5) is 0. The second kappa shape index (κ2) is 8.34. The van der Waals surface area contributed by atoms with Crippen LogP contribution in [0, 0.1) is 5.92 Å². The molecule has 1 nitrogen and oxygen atoms in total. The molecule has 0 bridgehead atoms. The molecule has 0 unspecified atom stereocenters. The minimum atomic E-state index is 0.726. The molecule has 0 amide bonds. The molecule has 0 aliphatic carbocycles. The normalized spacial score (nSPS) is 12.2. The number of allylic oxidation sites excluding steroid dienone is 1. The number of benzene rings is 1. The molecule has 2 heteroatoms. The van der Waals surface area contributed by atoms with Gasteiger partial charge in [0.15, 0.2) is 0 Å². The smallest absolute Gasteiger partial charge is 0.0406 e. The molecule has 0 aromatic heterocycles. The van der Waals surface area contributed by atoms with E-state index in [1.807, 2.05) is 12.1 Å². The lowest BCUT2D eigenvalue weighted by Gasteiger charge is -2.06. The van der Waals surface area contributed by atoms with Crippen LogP contribution < -0.4 is 5.32 Å². The van der Waals surface area contributed by atoms with Gasteiger partial charge in [-0.25, -0.2) is 0 Å². The van der Waals surface area contributed by atoms with E-state index in [2.05, 4.69) is 44.3 Å². The third-order valence-corrected chi connectivity index (χ3v) is 3.01. The standard InChI is InChI=1S/C16H24ClN/c1-13(2)12-18-10-4-5-14(3)11-15-6-8-16(17)9-7-15/h5-9,13,18H,4,10-12H2,1-3H3. The van der Waals surface area contributed by atoms with E-state index in [9.17, 15) is 0 Å². The molecule has 0 spiro atoms. The van der Waals surface area contributed by atoms with Crippen molar-refractivity contribution >= 4 is 11.6 Å². The fraction of sp³-hybridized carbons (Fsp3) is 0.500. The highest BCUT2D eigenvalue weighted by molar-refractivity contribution is 6.30. The summed E-state index contributed by atoms with van der Waals surface area (Å²) in [5.41, 5.74) is 2.74. The van der Waals surface area contributed by atoms with E-state index in [0.717, 1.165) is 36.9 Å². The van der Waals surface area contributed by atoms with E-state index in [0.29, 0.717) is 0 Å². The van der Waals surface area contributed by atoms with Gasteiger partial charge in [0, 0.05) is 5.02 Å². The molecule has 0 saturated carbocycles. The molecule has 0 aliphatic rings. The molecule has 1 rings (SSSR count). The minimum absolute atomic E-state index is 0.726. The Balaban J connectivity index is 2.27. The zero-order chi connectivity index (χ0) is 13.4. The van der Waals surface area contributed by atoms with Crippen LogP contribution in [0.15, 0.2) is 35.9 Å². The summed E-state index contributed by atoms with van der Waals surface area (Å²) in [5, 5.41) is 4.25. The van der Waals surface area contributed by atoms with Crippen molar-refractivity contribution in [2.75, 3.05) is 13.1 Å². The van der Waals surface area contributed by atoms with Crippen LogP contribution in [0.5, 0.6) is 0 Å². The van der Waals surface area contributed by atoms with Gasteiger partial charge in [-0.15, -0.1) is 0 Å². The van der Waals surface area contributed by atoms with Crippen LogP contribution in [0.25, 0.3) is 0 Å². The Hall–Kier alpha value is -0.790. The molecule has 100 valence electrons. The third-order valence-electron chi connectivity index (χ3n) is 2.76. The minimum Gasteiger partial charge on any atom is -0.316 e. The van der Waals surface area contributed by atoms with Gasteiger partial charge in [-0.05, 0) is 56.5 Å². The molecule has 0 aliphatic heterocycles. The molecule has 0 fully saturated rings. The maximum Gasteiger partial charge on any atom is 0.0406 e. The van der Waals surface area contributed by atoms with Crippen molar-refractivity contribution in [1.82, 2.24) is 5.32 Å². The first-order chi connectivity index (χ1) is 8.58. The second-order valence-electron chi connectivity index (χ2n) is 5.24. The number of hydrogen-bond donors (Lipinski definition) is 1. The van der Waals surface area contributed by atoms with Crippen molar-refractivity contribution in [3.63, 3.8) is 0 Å². The lowest BCUT2D eigenvalue weighted by molar-refractivity contribution is 0.556. The van der Waals surface area contributed by atoms with Crippen molar-refractivity contribution < 1.29 is 0 Å². The number of rotatable bonds is 7. The quantitative estimate of drug-likeness (QED) is 0.567. The summed E-state index contributed by atoms with van der Waals surface area (Å²) in [6.07, 6.45) is 4.44. The van der Waals surface area contributed by atoms with E-state index in [4.69, 9.17) is 11.6 Å². The van der Waals surface area contributed by atoms with E-state index in [1.54, 1.807) is 0 Å². The molecule has 0 radical (unpaired) electrons. The van der Waals surface area contributed by atoms with Crippen molar-refractivity contribution in [2.24, 2.45) is 5.92 Å². The van der Waals surface area contributed by atoms with Gasteiger partial charge in [0.2, 0.25) is 0 Å². The van der Waals surface area contributed by atoms with Gasteiger partial charge in [-0.2, -0.15) is 0 Å². The summed E-state index contributed by atoms with van der Waals surface area (Å²) < 4.78 is 0. The molecule has 1 N–H and O–H groups in total. The average Bonchev–Trinajstić information content (AvgIpc) is 2.31. The van der Waals surface area contributed by atoms with Crippen molar-refractivity contribution in [3.8, 4) is 0 Å². The number of hydrogen-bond acceptors (Lipinski definition) is 1. The van der Waals surface area contributed by atoms with Crippen LogP contribution in [0.3, 0.4) is 0 Å². The van der Waals surface area contributed by atoms with Gasteiger partial charge in [0.25, 0.3) is 0 Å². The van der Waals surface area contributed by atoms with Crippen LogP contribution in [-0.4, -0.2) is 13.1 Å². The van der Waals surface area contributed by atoms with Crippen LogP contribution in [0.1, 0.15) is 32.8 Å². The molecular formula is C16H24ClN. The third kappa shape index (κ3) is 6.83. The highest BCUT2D eigenvalue weighted by atomic mass is 35.5. The van der Waals surface area contributed by atoms with Gasteiger partial charge in [0.1, 0.15) is 0 Å². The maximum absolute atomic E-state index is 5.87. The van der Waals surface area contributed by atoms with Crippen LogP contribution in [0.2, 0.25) is 5.02 Å². The van der Waals surface area contributed by atoms with Crippen molar-refractivity contribution in [3.05, 3.63) is 46.5 Å². The van der Waals surface area contributed by atoms with E-state index in [1.165, 1.54) is 11.1 Å². The molecule has 0 heterocycles. The van der Waals surface area contributed by atoms with Crippen LogP contribution in [0.4, 0.5) is 0 Å². The summed E-state index contributed by atoms with van der Waals surface area (Å²) >= 11 is 5.87. The van der Waals surface area contributed by atoms with Crippen LogP contribution in [-0.2, 0) is 6.42 Å². The fourth-order valence-corrected chi connectivity index (χ4v) is 1.93. The summed E-state index contributed by atoms with van der Waals surface area (Å²) in [6, 6.07) is 8.09. The summed E-state index contributed by atoms with van der Waals surface area (Å²) in [7, 11) is 0. The van der Waals surface area contributed by atoms with Crippen molar-refractivity contribution in [1.29, 1.82) is 0 Å². The molecule has 1 aromatic carbocycles. The lowest BCUT2D eigenvalue weighted by Crippen LogP contribution is -2.20. The molecule has 18 heavy (non-hydrogen) atoms. The monoisotopic (exact) mass is 265 g/mol. The zero-order valence-corrected chi connectivity index (χ0v) is 12.4. The van der Waals surface area contributed by atoms with Gasteiger partial charge in [-0.1, -0.05) is 49.2 Å². The van der Waals surface area contributed by atoms with Gasteiger partial charge < -0.3 is 5.32 Å². The zero-order valence-electron chi connectivity index (χ0n) is 11.7. The average molecular weight is 266 g/mol. The van der Waals surface area contributed by atoms with Gasteiger partial charge in [0.05, 0.1) is 0 Å². The highest BCUT2D eigenvalue weighted by Crippen LogP contribution is 2.13. The Bertz CT molecular complexity index is 365. The largest absolute Gasteiger partial charge is 0.316 e.